The number of nitrogens with zero attached hydrogens (tertiary/aromatic N) is 2. The van der Waals surface area contributed by atoms with Crippen LogP contribution in [0.1, 0.15) is 18.9 Å². The van der Waals surface area contributed by atoms with Gasteiger partial charge >= 0.3 is 5.97 Å². The van der Waals surface area contributed by atoms with Crippen LogP contribution < -0.4 is 5.56 Å². The minimum Gasteiger partial charge on any atom is -0.507 e. The molecule has 0 fully saturated rings. The topological polar surface area (TPSA) is 97.2 Å². The third-order valence-corrected chi connectivity index (χ3v) is 3.73. The fourth-order valence-corrected chi connectivity index (χ4v) is 2.62. The quantitative estimate of drug-likeness (QED) is 0.690. The molecule has 25 heavy (non-hydrogen) atoms. The second-order valence-corrected chi connectivity index (χ2v) is 5.42. The maximum atomic E-state index is 13.7. The lowest BCUT2D eigenvalue weighted by atomic mass is 10.1. The first-order chi connectivity index (χ1) is 12.0. The smallest absolute Gasteiger partial charge is 0.306 e. The molecule has 0 spiro atoms. The van der Waals surface area contributed by atoms with Gasteiger partial charge in [-0.05, 0) is 37.1 Å². The lowest BCUT2D eigenvalue weighted by molar-refractivity contribution is -0.143. The molecule has 7 nitrogen and oxygen atoms in total. The van der Waals surface area contributed by atoms with Gasteiger partial charge in [-0.3, -0.25) is 9.59 Å². The zero-order chi connectivity index (χ0) is 18.0. The summed E-state index contributed by atoms with van der Waals surface area (Å²) in [5.41, 5.74) is 0.833. The van der Waals surface area contributed by atoms with Gasteiger partial charge in [0.2, 0.25) is 0 Å². The predicted octanol–water partition coefficient (Wildman–Crippen LogP) is 2.05. The molecule has 3 aromatic rings. The zero-order valence-corrected chi connectivity index (χ0v) is 13.5. The van der Waals surface area contributed by atoms with E-state index in [4.69, 9.17) is 4.74 Å². The van der Waals surface area contributed by atoms with Crippen molar-refractivity contribution >= 4 is 17.0 Å². The number of carbonyl (C=O) groups is 1. The van der Waals surface area contributed by atoms with Crippen LogP contribution in [0, 0.1) is 5.82 Å². The molecule has 8 heteroatoms. The van der Waals surface area contributed by atoms with Crippen molar-refractivity contribution in [3.05, 3.63) is 52.2 Å². The van der Waals surface area contributed by atoms with Crippen LogP contribution in [0.4, 0.5) is 4.39 Å². The lowest BCUT2D eigenvalue weighted by Crippen LogP contribution is -2.10. The van der Waals surface area contributed by atoms with E-state index in [1.807, 2.05) is 0 Å². The number of aromatic nitrogens is 3. The highest BCUT2D eigenvalue weighted by molar-refractivity contribution is 5.82. The van der Waals surface area contributed by atoms with Gasteiger partial charge in [0.1, 0.15) is 17.2 Å². The number of ether oxygens (including phenoxy) is 1. The van der Waals surface area contributed by atoms with Crippen LogP contribution in [-0.2, 0) is 16.0 Å². The van der Waals surface area contributed by atoms with E-state index >= 15 is 0 Å². The summed E-state index contributed by atoms with van der Waals surface area (Å²) >= 11 is 0. The monoisotopic (exact) mass is 345 g/mol. The Bertz CT molecular complexity index is 993. The second-order valence-electron chi connectivity index (χ2n) is 5.42. The Kier molecular flexibility index (Phi) is 4.51. The van der Waals surface area contributed by atoms with Crippen molar-refractivity contribution in [2.24, 2.45) is 0 Å². The summed E-state index contributed by atoms with van der Waals surface area (Å²) in [5, 5.41) is 14.4. The van der Waals surface area contributed by atoms with Crippen LogP contribution >= 0.6 is 0 Å². The number of aromatic hydroxyl groups is 1. The summed E-state index contributed by atoms with van der Waals surface area (Å²) in [6, 6.07) is 5.13. The van der Waals surface area contributed by atoms with Gasteiger partial charge in [-0.1, -0.05) is 0 Å². The van der Waals surface area contributed by atoms with E-state index in [0.717, 1.165) is 6.07 Å². The molecule has 0 aliphatic carbocycles. The number of benzene rings is 1. The van der Waals surface area contributed by atoms with E-state index in [2.05, 4.69) is 10.1 Å². The van der Waals surface area contributed by atoms with Gasteiger partial charge in [0.15, 0.2) is 0 Å². The Balaban J connectivity index is 2.06. The largest absolute Gasteiger partial charge is 0.507 e. The number of aryl methyl sites for hydroxylation is 1. The lowest BCUT2D eigenvalue weighted by Gasteiger charge is -2.11. The molecular formula is C17H16FN3O4. The van der Waals surface area contributed by atoms with E-state index in [0.29, 0.717) is 16.6 Å². The summed E-state index contributed by atoms with van der Waals surface area (Å²) < 4.78 is 19.9. The third kappa shape index (κ3) is 3.37. The van der Waals surface area contributed by atoms with Crippen molar-refractivity contribution in [2.45, 2.75) is 19.8 Å². The standard InChI is InChI=1S/C17H16FN3O4/c1-2-25-16(24)6-3-10-7-11(18)4-5-13(10)21-17-12(9-19-21)14(22)8-15(23)20-17/h4-5,7-9H,2-3,6H2,1H3,(H2,20,22,23). The molecule has 0 atom stereocenters. The Morgan fingerprint density at radius 2 is 2.20 bits per heavy atom. The highest BCUT2D eigenvalue weighted by atomic mass is 19.1. The molecule has 0 radical (unpaired) electrons. The predicted molar refractivity (Wildman–Crippen MR) is 88.3 cm³/mol. The summed E-state index contributed by atoms with van der Waals surface area (Å²) in [7, 11) is 0. The molecular weight excluding hydrogens is 329 g/mol. The van der Waals surface area contributed by atoms with Crippen molar-refractivity contribution in [1.82, 2.24) is 14.8 Å². The van der Waals surface area contributed by atoms with Crippen molar-refractivity contribution in [3.63, 3.8) is 0 Å². The minimum absolute atomic E-state index is 0.0886. The first-order valence-corrected chi connectivity index (χ1v) is 7.74. The molecule has 3 rings (SSSR count). The average Bonchev–Trinajstić information content (AvgIpc) is 2.97. The van der Waals surface area contributed by atoms with Gasteiger partial charge in [-0.25, -0.2) is 9.07 Å². The van der Waals surface area contributed by atoms with Gasteiger partial charge in [-0.15, -0.1) is 0 Å². The first kappa shape index (κ1) is 16.7. The van der Waals surface area contributed by atoms with Crippen LogP contribution in [0.3, 0.4) is 0 Å². The van der Waals surface area contributed by atoms with Crippen LogP contribution in [0.25, 0.3) is 16.7 Å². The van der Waals surface area contributed by atoms with Gasteiger partial charge in [0, 0.05) is 12.5 Å². The number of halogens is 1. The van der Waals surface area contributed by atoms with Crippen LogP contribution in [0.15, 0.2) is 35.3 Å². The molecule has 1 aromatic carbocycles. The summed E-state index contributed by atoms with van der Waals surface area (Å²) in [5.74, 6) is -1.02. The number of esters is 1. The summed E-state index contributed by atoms with van der Waals surface area (Å²) in [6.45, 7) is 1.99. The molecule has 0 aliphatic rings. The van der Waals surface area contributed by atoms with Crippen LogP contribution in [0.2, 0.25) is 0 Å². The van der Waals surface area contributed by atoms with Gasteiger partial charge in [0.25, 0.3) is 5.56 Å². The van der Waals surface area contributed by atoms with E-state index < -0.39 is 11.4 Å². The SMILES string of the molecule is CCOC(=O)CCc1cc(F)ccc1-n1ncc2c(O)cc(=O)[nH]c21. The number of aromatic amines is 1. The average molecular weight is 345 g/mol. The highest BCUT2D eigenvalue weighted by Crippen LogP contribution is 2.25. The maximum Gasteiger partial charge on any atom is 0.306 e. The Hall–Kier alpha value is -3.16. The van der Waals surface area contributed by atoms with Crippen molar-refractivity contribution < 1.29 is 19.0 Å². The summed E-state index contributed by atoms with van der Waals surface area (Å²) in [4.78, 5) is 25.8. The van der Waals surface area contributed by atoms with Crippen molar-refractivity contribution in [2.75, 3.05) is 6.61 Å². The number of pyridine rings is 1. The number of hydrogen-bond donors (Lipinski definition) is 2. The first-order valence-electron chi connectivity index (χ1n) is 7.74. The number of rotatable bonds is 5. The van der Waals surface area contributed by atoms with Crippen LogP contribution in [-0.4, -0.2) is 32.4 Å². The zero-order valence-electron chi connectivity index (χ0n) is 13.5. The molecule has 0 unspecified atom stereocenters. The van der Waals surface area contributed by atoms with Crippen molar-refractivity contribution in [1.29, 1.82) is 0 Å². The molecule has 0 saturated carbocycles. The number of fused-ring (bicyclic) bond motifs is 1. The molecule has 0 saturated heterocycles. The van der Waals surface area contributed by atoms with E-state index in [-0.39, 0.29) is 36.8 Å². The molecule has 0 bridgehead atoms. The third-order valence-electron chi connectivity index (χ3n) is 3.73. The van der Waals surface area contributed by atoms with Gasteiger partial charge in [0.05, 0.1) is 23.9 Å². The van der Waals surface area contributed by atoms with E-state index in [9.17, 15) is 19.1 Å². The van der Waals surface area contributed by atoms with Crippen molar-refractivity contribution in [3.8, 4) is 11.4 Å². The second kappa shape index (κ2) is 6.76. The highest BCUT2D eigenvalue weighted by Gasteiger charge is 2.15. The minimum atomic E-state index is -0.484. The fraction of sp³-hybridized carbons (Fsp3) is 0.235. The molecule has 2 N–H and O–H groups in total. The number of nitrogens with one attached hydrogen (secondary N) is 1. The molecule has 0 amide bonds. The molecule has 2 heterocycles. The molecule has 2 aromatic heterocycles. The Morgan fingerprint density at radius 1 is 1.40 bits per heavy atom. The van der Waals surface area contributed by atoms with Gasteiger partial charge < -0.3 is 14.8 Å². The maximum absolute atomic E-state index is 13.7. The fourth-order valence-electron chi connectivity index (χ4n) is 2.62. The summed E-state index contributed by atoms with van der Waals surface area (Å²) in [6.07, 6.45) is 1.74. The van der Waals surface area contributed by atoms with E-state index in [1.54, 1.807) is 6.92 Å². The van der Waals surface area contributed by atoms with E-state index in [1.165, 1.54) is 29.1 Å². The Labute approximate surface area is 141 Å². The Morgan fingerprint density at radius 3 is 2.96 bits per heavy atom. The number of hydrogen-bond acceptors (Lipinski definition) is 5. The number of carbonyl (C=O) groups excluding carboxylic acids is 1. The molecule has 130 valence electrons. The number of H-pyrrole nitrogens is 1. The normalized spacial score (nSPS) is 11.0. The molecule has 0 aliphatic heterocycles. The van der Waals surface area contributed by atoms with Crippen LogP contribution in [0.5, 0.6) is 5.75 Å². The van der Waals surface area contributed by atoms with Gasteiger partial charge in [-0.2, -0.15) is 5.10 Å².